The van der Waals surface area contributed by atoms with Gasteiger partial charge in [-0.15, -0.1) is 0 Å². The van der Waals surface area contributed by atoms with Gasteiger partial charge in [-0.25, -0.2) is 0 Å². The molecule has 0 aromatic carbocycles. The van der Waals surface area contributed by atoms with E-state index in [0.29, 0.717) is 0 Å². The monoisotopic (exact) mass is 242 g/mol. The van der Waals surface area contributed by atoms with Gasteiger partial charge in [-0.3, -0.25) is 4.79 Å². The third-order valence-corrected chi connectivity index (χ3v) is 3.25. The predicted molar refractivity (Wildman–Crippen MR) is 69.2 cm³/mol. The zero-order valence-corrected chi connectivity index (χ0v) is 11.3. The third kappa shape index (κ3) is 5.50. The van der Waals surface area contributed by atoms with Gasteiger partial charge in [-0.2, -0.15) is 0 Å². The van der Waals surface area contributed by atoms with E-state index in [1.807, 2.05) is 0 Å². The number of rotatable bonds is 5. The Morgan fingerprint density at radius 2 is 2.24 bits per heavy atom. The number of unbranched alkanes of at least 4 members (excludes halogenated alkanes) is 1. The molecule has 1 heterocycles. The van der Waals surface area contributed by atoms with Crippen LogP contribution >= 0.6 is 0 Å². The van der Waals surface area contributed by atoms with Crippen molar-refractivity contribution in [2.45, 2.75) is 46.1 Å². The molecule has 0 saturated carbocycles. The summed E-state index contributed by atoms with van der Waals surface area (Å²) in [7, 11) is 0. The van der Waals surface area contributed by atoms with Gasteiger partial charge in [0.15, 0.2) is 0 Å². The number of nitrogens with one attached hydrogen (secondary N) is 1. The second kappa shape index (κ2) is 6.36. The smallest absolute Gasteiger partial charge is 0.304 e. The topological polar surface area (TPSA) is 52.6 Å². The Hall–Kier alpha value is -0.610. The average Bonchev–Trinajstić information content (AvgIpc) is 2.34. The quantitative estimate of drug-likeness (QED) is 0.768. The van der Waals surface area contributed by atoms with Crippen molar-refractivity contribution in [2.75, 3.05) is 26.2 Å². The summed E-state index contributed by atoms with van der Waals surface area (Å²) >= 11 is 0. The Morgan fingerprint density at radius 3 is 2.82 bits per heavy atom. The minimum absolute atomic E-state index is 0.0890. The highest BCUT2D eigenvalue weighted by Crippen LogP contribution is 2.20. The van der Waals surface area contributed by atoms with Crippen LogP contribution in [0.2, 0.25) is 0 Å². The molecule has 0 bridgehead atoms. The SMILES string of the molecule is CCCCN1CC(CC(=O)O)NCC(C)(C)C1. The zero-order valence-electron chi connectivity index (χ0n) is 11.3. The third-order valence-electron chi connectivity index (χ3n) is 3.25. The Kier molecular flexibility index (Phi) is 5.40. The fourth-order valence-corrected chi connectivity index (χ4v) is 2.42. The van der Waals surface area contributed by atoms with Crippen LogP contribution in [0.25, 0.3) is 0 Å². The van der Waals surface area contributed by atoms with Crippen molar-refractivity contribution in [1.82, 2.24) is 10.2 Å². The van der Waals surface area contributed by atoms with Crippen LogP contribution in [0, 0.1) is 5.41 Å². The average molecular weight is 242 g/mol. The highest BCUT2D eigenvalue weighted by molar-refractivity contribution is 5.67. The molecule has 17 heavy (non-hydrogen) atoms. The van der Waals surface area contributed by atoms with Crippen molar-refractivity contribution in [3.05, 3.63) is 0 Å². The van der Waals surface area contributed by atoms with Crippen LogP contribution < -0.4 is 5.32 Å². The van der Waals surface area contributed by atoms with Gasteiger partial charge in [0.2, 0.25) is 0 Å². The van der Waals surface area contributed by atoms with Gasteiger partial charge in [-0.05, 0) is 18.4 Å². The van der Waals surface area contributed by atoms with Gasteiger partial charge < -0.3 is 15.3 Å². The van der Waals surface area contributed by atoms with E-state index in [1.54, 1.807) is 0 Å². The van der Waals surface area contributed by atoms with E-state index in [4.69, 9.17) is 5.11 Å². The summed E-state index contributed by atoms with van der Waals surface area (Å²) in [5.74, 6) is -0.711. The van der Waals surface area contributed by atoms with Crippen LogP contribution in [0.3, 0.4) is 0 Å². The first-order valence-electron chi connectivity index (χ1n) is 6.60. The lowest BCUT2D eigenvalue weighted by atomic mass is 9.93. The molecule has 4 nitrogen and oxygen atoms in total. The van der Waals surface area contributed by atoms with E-state index < -0.39 is 5.97 Å². The lowest BCUT2D eigenvalue weighted by Crippen LogP contribution is -2.39. The maximum absolute atomic E-state index is 10.8. The molecule has 1 saturated heterocycles. The van der Waals surface area contributed by atoms with Gasteiger partial charge in [0.25, 0.3) is 0 Å². The van der Waals surface area contributed by atoms with Crippen molar-refractivity contribution >= 4 is 5.97 Å². The van der Waals surface area contributed by atoms with Crippen molar-refractivity contribution in [3.63, 3.8) is 0 Å². The first kappa shape index (κ1) is 14.5. The van der Waals surface area contributed by atoms with E-state index >= 15 is 0 Å². The van der Waals surface area contributed by atoms with Gasteiger partial charge in [-0.1, -0.05) is 27.2 Å². The van der Waals surface area contributed by atoms with Crippen LogP contribution in [-0.2, 0) is 4.79 Å². The molecule has 0 amide bonds. The molecule has 0 aromatic heterocycles. The largest absolute Gasteiger partial charge is 0.481 e. The molecule has 0 aromatic rings. The second-order valence-corrected chi connectivity index (χ2v) is 5.93. The first-order chi connectivity index (χ1) is 7.93. The van der Waals surface area contributed by atoms with Crippen LogP contribution in [0.15, 0.2) is 0 Å². The molecule has 1 fully saturated rings. The minimum Gasteiger partial charge on any atom is -0.481 e. The van der Waals surface area contributed by atoms with E-state index in [1.165, 1.54) is 12.8 Å². The number of hydrogen-bond donors (Lipinski definition) is 2. The van der Waals surface area contributed by atoms with E-state index in [2.05, 4.69) is 31.0 Å². The number of carboxylic acid groups (broad SMARTS) is 1. The van der Waals surface area contributed by atoms with Crippen LogP contribution in [0.5, 0.6) is 0 Å². The molecule has 1 atom stereocenters. The number of carboxylic acids is 1. The highest BCUT2D eigenvalue weighted by atomic mass is 16.4. The van der Waals surface area contributed by atoms with Crippen molar-refractivity contribution in [1.29, 1.82) is 0 Å². The number of aliphatic carboxylic acids is 1. The zero-order chi connectivity index (χ0) is 12.9. The standard InChI is InChI=1S/C13H26N2O2/c1-4-5-6-15-8-11(7-12(16)17)14-9-13(2,3)10-15/h11,14H,4-10H2,1-3H3,(H,16,17). The predicted octanol–water partition coefficient (Wildman–Crippen LogP) is 1.56. The summed E-state index contributed by atoms with van der Waals surface area (Å²) in [5, 5.41) is 12.3. The van der Waals surface area contributed by atoms with Crippen molar-refractivity contribution < 1.29 is 9.90 Å². The Morgan fingerprint density at radius 1 is 1.53 bits per heavy atom. The highest BCUT2D eigenvalue weighted by Gasteiger charge is 2.29. The summed E-state index contributed by atoms with van der Waals surface area (Å²) in [6.45, 7) is 10.6. The number of nitrogens with zero attached hydrogens (tertiary/aromatic N) is 1. The van der Waals surface area contributed by atoms with Gasteiger partial charge >= 0.3 is 5.97 Å². The number of carbonyl (C=O) groups is 1. The minimum atomic E-state index is -0.711. The summed E-state index contributed by atoms with van der Waals surface area (Å²) in [5.41, 5.74) is 0.223. The molecule has 4 heteroatoms. The van der Waals surface area contributed by atoms with Crippen molar-refractivity contribution in [3.8, 4) is 0 Å². The van der Waals surface area contributed by atoms with Gasteiger partial charge in [0.1, 0.15) is 0 Å². The molecule has 0 spiro atoms. The summed E-state index contributed by atoms with van der Waals surface area (Å²) in [6.07, 6.45) is 2.60. The molecule has 100 valence electrons. The first-order valence-corrected chi connectivity index (χ1v) is 6.60. The fourth-order valence-electron chi connectivity index (χ4n) is 2.42. The molecule has 2 N–H and O–H groups in total. The molecule has 1 aliphatic rings. The summed E-state index contributed by atoms with van der Waals surface area (Å²) in [4.78, 5) is 13.2. The Balaban J connectivity index is 2.57. The molecular weight excluding hydrogens is 216 g/mol. The molecule has 1 rings (SSSR count). The summed E-state index contributed by atoms with van der Waals surface area (Å²) < 4.78 is 0. The second-order valence-electron chi connectivity index (χ2n) is 5.93. The van der Waals surface area contributed by atoms with Crippen molar-refractivity contribution in [2.24, 2.45) is 5.41 Å². The van der Waals surface area contributed by atoms with E-state index in [0.717, 1.165) is 26.2 Å². The van der Waals surface area contributed by atoms with Gasteiger partial charge in [0.05, 0.1) is 6.42 Å². The molecule has 1 aliphatic heterocycles. The maximum atomic E-state index is 10.8. The lowest BCUT2D eigenvalue weighted by molar-refractivity contribution is -0.137. The Labute approximate surface area is 104 Å². The normalized spacial score (nSPS) is 25.5. The number of hydrogen-bond acceptors (Lipinski definition) is 3. The van der Waals surface area contributed by atoms with E-state index in [9.17, 15) is 4.79 Å². The van der Waals surface area contributed by atoms with Crippen LogP contribution in [0.4, 0.5) is 0 Å². The molecule has 0 aliphatic carbocycles. The van der Waals surface area contributed by atoms with Crippen LogP contribution in [0.1, 0.15) is 40.0 Å². The fraction of sp³-hybridized carbons (Fsp3) is 0.923. The lowest BCUT2D eigenvalue weighted by Gasteiger charge is -2.29. The van der Waals surface area contributed by atoms with Crippen LogP contribution in [-0.4, -0.2) is 48.2 Å². The molecular formula is C13H26N2O2. The summed E-state index contributed by atoms with van der Waals surface area (Å²) in [6, 6.07) is 0.0890. The maximum Gasteiger partial charge on any atom is 0.304 e. The van der Waals surface area contributed by atoms with Gasteiger partial charge in [0, 0.05) is 25.7 Å². The molecule has 1 unspecified atom stereocenters. The van der Waals surface area contributed by atoms with E-state index in [-0.39, 0.29) is 17.9 Å². The Bertz CT molecular complexity index is 254. The molecule has 0 radical (unpaired) electrons.